The number of amides is 1. The molecule has 0 unspecified atom stereocenters. The second kappa shape index (κ2) is 8.57. The molecule has 1 amide bonds. The minimum Gasteiger partial charge on any atom is -0.493 e. The molecule has 1 heterocycles. The van der Waals surface area contributed by atoms with Crippen LogP contribution in [0.2, 0.25) is 0 Å². The predicted octanol–water partition coefficient (Wildman–Crippen LogP) is 3.49. The number of hydrogen-bond donors (Lipinski definition) is 1. The lowest BCUT2D eigenvalue weighted by atomic mass is 10.1. The van der Waals surface area contributed by atoms with Crippen LogP contribution in [0.3, 0.4) is 0 Å². The van der Waals surface area contributed by atoms with E-state index in [1.165, 1.54) is 12.1 Å². The van der Waals surface area contributed by atoms with Gasteiger partial charge in [0.2, 0.25) is 0 Å². The van der Waals surface area contributed by atoms with E-state index in [1.54, 1.807) is 31.0 Å². The fourth-order valence-corrected chi connectivity index (χ4v) is 3.86. The van der Waals surface area contributed by atoms with Gasteiger partial charge in [0.1, 0.15) is 5.82 Å². The van der Waals surface area contributed by atoms with Gasteiger partial charge in [-0.2, -0.15) is 5.10 Å². The van der Waals surface area contributed by atoms with E-state index in [1.807, 2.05) is 18.2 Å². The molecule has 0 bridgehead atoms. The summed E-state index contributed by atoms with van der Waals surface area (Å²) in [4.78, 5) is 12.8. The molecule has 1 aliphatic rings. The molecule has 0 aliphatic heterocycles. The van der Waals surface area contributed by atoms with Crippen molar-refractivity contribution in [1.29, 1.82) is 0 Å². The fourth-order valence-electron chi connectivity index (χ4n) is 3.86. The summed E-state index contributed by atoms with van der Waals surface area (Å²) in [6, 6.07) is 11.9. The maximum absolute atomic E-state index is 13.3. The van der Waals surface area contributed by atoms with Crippen molar-refractivity contribution < 1.29 is 18.7 Å². The number of benzene rings is 2. The lowest BCUT2D eigenvalue weighted by Gasteiger charge is -2.10. The van der Waals surface area contributed by atoms with Crippen LogP contribution in [-0.2, 0) is 19.3 Å². The summed E-state index contributed by atoms with van der Waals surface area (Å²) in [5.74, 6) is 0.856. The zero-order chi connectivity index (χ0) is 21.1. The number of halogens is 1. The summed E-state index contributed by atoms with van der Waals surface area (Å²) in [7, 11) is 3.20. The average Bonchev–Trinajstić information content (AvgIpc) is 3.37. The van der Waals surface area contributed by atoms with Crippen molar-refractivity contribution in [3.05, 3.63) is 70.8 Å². The van der Waals surface area contributed by atoms with Gasteiger partial charge < -0.3 is 14.8 Å². The Kier molecular flexibility index (Phi) is 5.70. The number of fused-ring (bicyclic) bond motifs is 1. The minimum atomic E-state index is -0.296. The summed E-state index contributed by atoms with van der Waals surface area (Å²) >= 11 is 0. The molecule has 1 aliphatic carbocycles. The molecule has 0 atom stereocenters. The van der Waals surface area contributed by atoms with E-state index in [0.717, 1.165) is 41.8 Å². The zero-order valence-electron chi connectivity index (χ0n) is 17.1. The Morgan fingerprint density at radius 2 is 1.87 bits per heavy atom. The highest BCUT2D eigenvalue weighted by Gasteiger charge is 2.26. The second-order valence-electron chi connectivity index (χ2n) is 7.21. The molecule has 3 aromatic rings. The minimum absolute atomic E-state index is 0.186. The van der Waals surface area contributed by atoms with Crippen LogP contribution in [0.1, 0.15) is 33.7 Å². The Morgan fingerprint density at radius 3 is 2.60 bits per heavy atom. The van der Waals surface area contributed by atoms with Crippen molar-refractivity contribution in [3.8, 4) is 17.2 Å². The summed E-state index contributed by atoms with van der Waals surface area (Å²) < 4.78 is 25.6. The topological polar surface area (TPSA) is 65.4 Å². The normalized spacial score (nSPS) is 12.5. The summed E-state index contributed by atoms with van der Waals surface area (Å²) in [5.41, 5.74) is 4.28. The highest BCUT2D eigenvalue weighted by molar-refractivity contribution is 5.94. The summed E-state index contributed by atoms with van der Waals surface area (Å²) in [6.45, 7) is 0.479. The molecule has 2 aromatic carbocycles. The van der Waals surface area contributed by atoms with E-state index in [2.05, 4.69) is 10.4 Å². The second-order valence-corrected chi connectivity index (χ2v) is 7.21. The monoisotopic (exact) mass is 409 g/mol. The Hall–Kier alpha value is -3.35. The van der Waals surface area contributed by atoms with Crippen LogP contribution >= 0.6 is 0 Å². The Balaban J connectivity index is 1.47. The lowest BCUT2D eigenvalue weighted by Crippen LogP contribution is -2.27. The number of methoxy groups -OCH3 is 2. The van der Waals surface area contributed by atoms with E-state index in [-0.39, 0.29) is 11.7 Å². The number of carbonyl (C=O) groups is 1. The Morgan fingerprint density at radius 1 is 1.10 bits per heavy atom. The highest BCUT2D eigenvalue weighted by Crippen LogP contribution is 2.29. The van der Waals surface area contributed by atoms with Crippen LogP contribution < -0.4 is 14.8 Å². The first-order valence-corrected chi connectivity index (χ1v) is 9.96. The zero-order valence-corrected chi connectivity index (χ0v) is 17.1. The molecule has 0 fully saturated rings. The average molecular weight is 409 g/mol. The van der Waals surface area contributed by atoms with Gasteiger partial charge in [-0.25, -0.2) is 9.07 Å². The third-order valence-electron chi connectivity index (χ3n) is 5.36. The number of nitrogens with one attached hydrogen (secondary N) is 1. The van der Waals surface area contributed by atoms with Gasteiger partial charge >= 0.3 is 0 Å². The first-order chi connectivity index (χ1) is 14.6. The van der Waals surface area contributed by atoms with Crippen LogP contribution in [0, 0.1) is 5.82 Å². The van der Waals surface area contributed by atoms with Gasteiger partial charge in [-0.05, 0) is 67.6 Å². The van der Waals surface area contributed by atoms with Crippen LogP contribution in [0.25, 0.3) is 5.69 Å². The number of hydrogen-bond acceptors (Lipinski definition) is 4. The largest absolute Gasteiger partial charge is 0.493 e. The van der Waals surface area contributed by atoms with Crippen LogP contribution in [-0.4, -0.2) is 36.5 Å². The molecule has 7 heteroatoms. The van der Waals surface area contributed by atoms with Gasteiger partial charge in [0.05, 0.1) is 19.9 Å². The lowest BCUT2D eigenvalue weighted by molar-refractivity contribution is 0.0948. The predicted molar refractivity (Wildman–Crippen MR) is 111 cm³/mol. The number of carbonyl (C=O) groups excluding carboxylic acids is 1. The van der Waals surface area contributed by atoms with Crippen molar-refractivity contribution in [2.75, 3.05) is 20.8 Å². The van der Waals surface area contributed by atoms with Crippen LogP contribution in [0.4, 0.5) is 4.39 Å². The number of ether oxygens (including phenoxy) is 2. The molecular weight excluding hydrogens is 385 g/mol. The standard InChI is InChI=1S/C23H24FN3O3/c1-29-20-11-6-15(14-21(20)30-2)12-13-25-23(28)22-18-4-3-5-19(18)27(26-22)17-9-7-16(24)8-10-17/h6-11,14H,3-5,12-13H2,1-2H3,(H,25,28). The van der Waals surface area contributed by atoms with E-state index in [0.29, 0.717) is 30.2 Å². The molecule has 0 saturated heterocycles. The molecular formula is C23H24FN3O3. The summed E-state index contributed by atoms with van der Waals surface area (Å²) in [5, 5.41) is 7.52. The van der Waals surface area contributed by atoms with E-state index >= 15 is 0 Å². The van der Waals surface area contributed by atoms with Gasteiger partial charge in [0.15, 0.2) is 17.2 Å². The molecule has 30 heavy (non-hydrogen) atoms. The van der Waals surface area contributed by atoms with Crippen molar-refractivity contribution in [3.63, 3.8) is 0 Å². The van der Waals surface area contributed by atoms with Crippen molar-refractivity contribution >= 4 is 5.91 Å². The van der Waals surface area contributed by atoms with Crippen molar-refractivity contribution in [2.24, 2.45) is 0 Å². The maximum Gasteiger partial charge on any atom is 0.272 e. The van der Waals surface area contributed by atoms with Crippen molar-refractivity contribution in [1.82, 2.24) is 15.1 Å². The first kappa shape index (κ1) is 19.9. The number of aromatic nitrogens is 2. The number of nitrogens with zero attached hydrogens (tertiary/aromatic N) is 2. The van der Waals surface area contributed by atoms with Crippen LogP contribution in [0.15, 0.2) is 42.5 Å². The molecule has 0 spiro atoms. The molecule has 1 aromatic heterocycles. The van der Waals surface area contributed by atoms with Gasteiger partial charge in [0, 0.05) is 17.8 Å². The van der Waals surface area contributed by atoms with E-state index in [4.69, 9.17) is 9.47 Å². The maximum atomic E-state index is 13.3. The molecule has 6 nitrogen and oxygen atoms in total. The fraction of sp³-hybridized carbons (Fsp3) is 0.304. The van der Waals surface area contributed by atoms with Gasteiger partial charge in [-0.3, -0.25) is 4.79 Å². The third-order valence-corrected chi connectivity index (χ3v) is 5.36. The van der Waals surface area contributed by atoms with Gasteiger partial charge in [-0.15, -0.1) is 0 Å². The molecule has 1 N–H and O–H groups in total. The smallest absolute Gasteiger partial charge is 0.272 e. The third kappa shape index (κ3) is 3.87. The van der Waals surface area contributed by atoms with Crippen molar-refractivity contribution in [2.45, 2.75) is 25.7 Å². The highest BCUT2D eigenvalue weighted by atomic mass is 19.1. The number of rotatable bonds is 7. The van der Waals surface area contributed by atoms with E-state index in [9.17, 15) is 9.18 Å². The SMILES string of the molecule is COc1ccc(CCNC(=O)c2nn(-c3ccc(F)cc3)c3c2CCC3)cc1OC. The molecule has 0 saturated carbocycles. The Labute approximate surface area is 174 Å². The first-order valence-electron chi connectivity index (χ1n) is 9.96. The Bertz CT molecular complexity index is 1060. The molecule has 156 valence electrons. The molecule has 0 radical (unpaired) electrons. The van der Waals surface area contributed by atoms with Gasteiger partial charge in [0.25, 0.3) is 5.91 Å². The molecule has 4 rings (SSSR count). The van der Waals surface area contributed by atoms with Crippen LogP contribution in [0.5, 0.6) is 11.5 Å². The quantitative estimate of drug-likeness (QED) is 0.649. The summed E-state index contributed by atoms with van der Waals surface area (Å²) in [6.07, 6.45) is 3.33. The van der Waals surface area contributed by atoms with E-state index < -0.39 is 0 Å². The van der Waals surface area contributed by atoms with Gasteiger partial charge in [-0.1, -0.05) is 6.07 Å².